The number of hydrogen-bond acceptors (Lipinski definition) is 1. The standard InChI is InChI=1S/C12H15F4N/c1-8-7-9(13)3-4-10(8)11(17-2)5-6-12(14,15)16/h3-4,7,11,17H,5-6H2,1-2H3. The van der Waals surface area contributed by atoms with Crippen LogP contribution in [0.2, 0.25) is 0 Å². The van der Waals surface area contributed by atoms with Gasteiger partial charge in [0.15, 0.2) is 0 Å². The first kappa shape index (κ1) is 14.0. The smallest absolute Gasteiger partial charge is 0.313 e. The van der Waals surface area contributed by atoms with Gasteiger partial charge in [0.2, 0.25) is 0 Å². The van der Waals surface area contributed by atoms with Gasteiger partial charge in [-0.25, -0.2) is 4.39 Å². The van der Waals surface area contributed by atoms with Crippen LogP contribution in [0.25, 0.3) is 0 Å². The monoisotopic (exact) mass is 249 g/mol. The number of nitrogens with one attached hydrogen (secondary N) is 1. The van der Waals surface area contributed by atoms with Gasteiger partial charge in [0.1, 0.15) is 5.82 Å². The van der Waals surface area contributed by atoms with Crippen LogP contribution in [0.4, 0.5) is 17.6 Å². The molecule has 0 radical (unpaired) electrons. The molecule has 0 fully saturated rings. The zero-order valence-corrected chi connectivity index (χ0v) is 9.74. The first-order chi connectivity index (χ1) is 7.83. The first-order valence-corrected chi connectivity index (χ1v) is 5.33. The largest absolute Gasteiger partial charge is 0.389 e. The van der Waals surface area contributed by atoms with Crippen molar-refractivity contribution in [1.82, 2.24) is 5.32 Å². The van der Waals surface area contributed by atoms with Crippen molar-refractivity contribution in [3.63, 3.8) is 0 Å². The maximum atomic E-state index is 12.9. The Morgan fingerprint density at radius 1 is 1.29 bits per heavy atom. The van der Waals surface area contributed by atoms with Gasteiger partial charge in [0.25, 0.3) is 0 Å². The Bertz CT molecular complexity index is 373. The van der Waals surface area contributed by atoms with Gasteiger partial charge >= 0.3 is 6.18 Å². The molecule has 0 saturated carbocycles. The van der Waals surface area contributed by atoms with Crippen LogP contribution in [-0.2, 0) is 0 Å². The molecule has 0 bridgehead atoms. The lowest BCUT2D eigenvalue weighted by Gasteiger charge is -2.19. The predicted molar refractivity (Wildman–Crippen MR) is 58.2 cm³/mol. The van der Waals surface area contributed by atoms with Gasteiger partial charge in [0.05, 0.1) is 0 Å². The summed E-state index contributed by atoms with van der Waals surface area (Å²) in [5, 5.41) is 2.83. The van der Waals surface area contributed by atoms with Gasteiger partial charge in [-0.05, 0) is 43.7 Å². The molecular formula is C12H15F4N. The lowest BCUT2D eigenvalue weighted by atomic mass is 9.97. The molecule has 17 heavy (non-hydrogen) atoms. The lowest BCUT2D eigenvalue weighted by Crippen LogP contribution is -2.20. The van der Waals surface area contributed by atoms with Gasteiger partial charge in [-0.3, -0.25) is 0 Å². The van der Waals surface area contributed by atoms with Crippen LogP contribution < -0.4 is 5.32 Å². The average molecular weight is 249 g/mol. The van der Waals surface area contributed by atoms with Crippen LogP contribution in [0.15, 0.2) is 18.2 Å². The highest BCUT2D eigenvalue weighted by Gasteiger charge is 2.28. The predicted octanol–water partition coefficient (Wildman–Crippen LogP) is 3.74. The van der Waals surface area contributed by atoms with Crippen molar-refractivity contribution in [3.8, 4) is 0 Å². The fraction of sp³-hybridized carbons (Fsp3) is 0.500. The van der Waals surface area contributed by atoms with Crippen molar-refractivity contribution in [2.75, 3.05) is 7.05 Å². The molecule has 1 nitrogen and oxygen atoms in total. The molecule has 1 aromatic rings. The number of halogens is 4. The van der Waals surface area contributed by atoms with Crippen LogP contribution in [0.5, 0.6) is 0 Å². The molecule has 0 aromatic heterocycles. The summed E-state index contributed by atoms with van der Waals surface area (Å²) < 4.78 is 49.3. The average Bonchev–Trinajstić information content (AvgIpc) is 2.19. The third-order valence-electron chi connectivity index (χ3n) is 2.67. The van der Waals surface area contributed by atoms with E-state index in [1.54, 1.807) is 14.0 Å². The van der Waals surface area contributed by atoms with E-state index in [0.717, 1.165) is 0 Å². The highest BCUT2D eigenvalue weighted by Crippen LogP contribution is 2.28. The molecule has 0 aliphatic rings. The van der Waals surface area contributed by atoms with E-state index in [4.69, 9.17) is 0 Å². The molecular weight excluding hydrogens is 234 g/mol. The van der Waals surface area contributed by atoms with Crippen molar-refractivity contribution < 1.29 is 17.6 Å². The van der Waals surface area contributed by atoms with E-state index in [-0.39, 0.29) is 12.2 Å². The number of rotatable bonds is 4. The quantitative estimate of drug-likeness (QED) is 0.801. The molecule has 1 unspecified atom stereocenters. The summed E-state index contributed by atoms with van der Waals surface area (Å²) in [7, 11) is 1.60. The molecule has 0 aliphatic heterocycles. The lowest BCUT2D eigenvalue weighted by molar-refractivity contribution is -0.136. The van der Waals surface area contributed by atoms with Crippen molar-refractivity contribution in [3.05, 3.63) is 35.1 Å². The molecule has 1 N–H and O–H groups in total. The molecule has 5 heteroatoms. The fourth-order valence-electron chi connectivity index (χ4n) is 1.79. The highest BCUT2D eigenvalue weighted by molar-refractivity contribution is 5.29. The number of aryl methyl sites for hydroxylation is 1. The molecule has 96 valence electrons. The summed E-state index contributed by atoms with van der Waals surface area (Å²) in [6, 6.07) is 3.72. The third-order valence-corrected chi connectivity index (χ3v) is 2.67. The van der Waals surface area contributed by atoms with Crippen molar-refractivity contribution >= 4 is 0 Å². The maximum absolute atomic E-state index is 12.9. The Kier molecular flexibility index (Phi) is 4.51. The van der Waals surface area contributed by atoms with Crippen molar-refractivity contribution in [1.29, 1.82) is 0 Å². The molecule has 1 atom stereocenters. The van der Waals surface area contributed by atoms with E-state index in [0.29, 0.717) is 11.1 Å². The van der Waals surface area contributed by atoms with Gasteiger partial charge in [-0.1, -0.05) is 6.07 Å². The van der Waals surface area contributed by atoms with Crippen LogP contribution in [-0.4, -0.2) is 13.2 Å². The van der Waals surface area contributed by atoms with E-state index in [1.165, 1.54) is 18.2 Å². The minimum atomic E-state index is -4.16. The zero-order chi connectivity index (χ0) is 13.1. The third kappa shape index (κ3) is 4.34. The minimum Gasteiger partial charge on any atom is -0.313 e. The number of benzene rings is 1. The van der Waals surface area contributed by atoms with Crippen molar-refractivity contribution in [2.24, 2.45) is 0 Å². The summed E-state index contributed by atoms with van der Waals surface area (Å²) in [5.74, 6) is -0.378. The van der Waals surface area contributed by atoms with Crippen LogP contribution >= 0.6 is 0 Å². The second-order valence-electron chi connectivity index (χ2n) is 4.00. The van der Waals surface area contributed by atoms with E-state index < -0.39 is 18.6 Å². The van der Waals surface area contributed by atoms with Crippen LogP contribution in [0.1, 0.15) is 30.0 Å². The first-order valence-electron chi connectivity index (χ1n) is 5.33. The van der Waals surface area contributed by atoms with Crippen LogP contribution in [0.3, 0.4) is 0 Å². The molecule has 1 aromatic carbocycles. The fourth-order valence-corrected chi connectivity index (χ4v) is 1.79. The van der Waals surface area contributed by atoms with Gasteiger partial charge in [-0.2, -0.15) is 13.2 Å². The number of hydrogen-bond donors (Lipinski definition) is 1. The summed E-state index contributed by atoms with van der Waals surface area (Å²) >= 11 is 0. The maximum Gasteiger partial charge on any atom is 0.389 e. The highest BCUT2D eigenvalue weighted by atomic mass is 19.4. The molecule has 1 rings (SSSR count). The zero-order valence-electron chi connectivity index (χ0n) is 9.74. The normalized spacial score (nSPS) is 13.8. The van der Waals surface area contributed by atoms with Crippen molar-refractivity contribution in [2.45, 2.75) is 32.0 Å². The molecule has 0 amide bonds. The molecule has 0 saturated heterocycles. The molecule has 0 heterocycles. The molecule has 0 spiro atoms. The van der Waals surface area contributed by atoms with Crippen LogP contribution in [0, 0.1) is 12.7 Å². The van der Waals surface area contributed by atoms with E-state index in [9.17, 15) is 17.6 Å². The Balaban J connectivity index is 2.79. The Morgan fingerprint density at radius 2 is 1.94 bits per heavy atom. The summed E-state index contributed by atoms with van der Waals surface area (Å²) in [5.41, 5.74) is 1.37. The van der Waals surface area contributed by atoms with E-state index >= 15 is 0 Å². The Hall–Kier alpha value is -1.10. The Morgan fingerprint density at radius 3 is 2.41 bits per heavy atom. The van der Waals surface area contributed by atoms with Gasteiger partial charge < -0.3 is 5.32 Å². The second kappa shape index (κ2) is 5.49. The van der Waals surface area contributed by atoms with Gasteiger partial charge in [-0.15, -0.1) is 0 Å². The van der Waals surface area contributed by atoms with E-state index in [1.807, 2.05) is 0 Å². The van der Waals surface area contributed by atoms with E-state index in [2.05, 4.69) is 5.32 Å². The topological polar surface area (TPSA) is 12.0 Å². The summed E-state index contributed by atoms with van der Waals surface area (Å²) in [6.07, 6.45) is -5.06. The Labute approximate surface area is 97.8 Å². The summed E-state index contributed by atoms with van der Waals surface area (Å²) in [6.45, 7) is 1.69. The SMILES string of the molecule is CNC(CCC(F)(F)F)c1ccc(F)cc1C. The van der Waals surface area contributed by atoms with Gasteiger partial charge in [0, 0.05) is 12.5 Å². The number of alkyl halides is 3. The molecule has 0 aliphatic carbocycles. The minimum absolute atomic E-state index is 0.0491. The summed E-state index contributed by atoms with van der Waals surface area (Å²) in [4.78, 5) is 0. The second-order valence-corrected chi connectivity index (χ2v) is 4.00.